The molecule has 3 heteroatoms. The highest BCUT2D eigenvalue weighted by molar-refractivity contribution is 9.10. The summed E-state index contributed by atoms with van der Waals surface area (Å²) >= 11 is 3.45. The van der Waals surface area contributed by atoms with Gasteiger partial charge < -0.3 is 10.5 Å². The van der Waals surface area contributed by atoms with Crippen LogP contribution in [-0.2, 0) is 0 Å². The SMILES string of the molecule is C[C@H](N)c1ccc(Br)cc1OC/C=C/c1ccccc1. The maximum atomic E-state index is 5.95. The summed E-state index contributed by atoms with van der Waals surface area (Å²) < 4.78 is 6.79. The van der Waals surface area contributed by atoms with Crippen LogP contribution < -0.4 is 10.5 Å². The van der Waals surface area contributed by atoms with Crippen molar-refractivity contribution in [3.63, 3.8) is 0 Å². The molecular weight excluding hydrogens is 314 g/mol. The molecule has 2 rings (SSSR count). The van der Waals surface area contributed by atoms with E-state index in [4.69, 9.17) is 10.5 Å². The number of nitrogens with two attached hydrogens (primary N) is 1. The van der Waals surface area contributed by atoms with E-state index in [1.807, 2.05) is 55.5 Å². The number of hydrogen-bond acceptors (Lipinski definition) is 2. The lowest BCUT2D eigenvalue weighted by molar-refractivity contribution is 0.357. The van der Waals surface area contributed by atoms with Gasteiger partial charge in [-0.2, -0.15) is 0 Å². The number of benzene rings is 2. The first-order chi connectivity index (χ1) is 9.66. The van der Waals surface area contributed by atoms with Crippen molar-refractivity contribution < 1.29 is 4.74 Å². The van der Waals surface area contributed by atoms with Crippen LogP contribution in [0.1, 0.15) is 24.1 Å². The van der Waals surface area contributed by atoms with Crippen molar-refractivity contribution in [2.45, 2.75) is 13.0 Å². The van der Waals surface area contributed by atoms with Gasteiger partial charge in [-0.25, -0.2) is 0 Å². The molecular formula is C17H18BrNO. The van der Waals surface area contributed by atoms with Gasteiger partial charge >= 0.3 is 0 Å². The smallest absolute Gasteiger partial charge is 0.125 e. The van der Waals surface area contributed by atoms with E-state index in [0.29, 0.717) is 6.61 Å². The second-order valence-corrected chi connectivity index (χ2v) is 5.51. The first-order valence-corrected chi connectivity index (χ1v) is 7.35. The zero-order valence-electron chi connectivity index (χ0n) is 11.4. The molecule has 0 heterocycles. The van der Waals surface area contributed by atoms with Crippen LogP contribution in [0.3, 0.4) is 0 Å². The number of ether oxygens (including phenoxy) is 1. The molecule has 1 atom stereocenters. The third-order valence-electron chi connectivity index (χ3n) is 2.91. The molecule has 0 bridgehead atoms. The molecule has 0 amide bonds. The molecule has 2 aromatic carbocycles. The average Bonchev–Trinajstić information content (AvgIpc) is 2.44. The highest BCUT2D eigenvalue weighted by Gasteiger charge is 2.08. The minimum absolute atomic E-state index is 0.0452. The molecule has 0 fully saturated rings. The predicted octanol–water partition coefficient (Wildman–Crippen LogP) is 4.56. The van der Waals surface area contributed by atoms with Gasteiger partial charge in [-0.15, -0.1) is 0 Å². The predicted molar refractivity (Wildman–Crippen MR) is 87.7 cm³/mol. The van der Waals surface area contributed by atoms with E-state index in [1.165, 1.54) is 0 Å². The van der Waals surface area contributed by atoms with E-state index in [2.05, 4.69) is 28.1 Å². The van der Waals surface area contributed by atoms with E-state index in [-0.39, 0.29) is 6.04 Å². The topological polar surface area (TPSA) is 35.2 Å². The Morgan fingerprint density at radius 1 is 1.20 bits per heavy atom. The fourth-order valence-electron chi connectivity index (χ4n) is 1.90. The Morgan fingerprint density at radius 3 is 2.65 bits per heavy atom. The van der Waals surface area contributed by atoms with Crippen LogP contribution in [0.2, 0.25) is 0 Å². The molecule has 104 valence electrons. The van der Waals surface area contributed by atoms with Crippen LogP contribution in [0.15, 0.2) is 59.1 Å². The summed E-state index contributed by atoms with van der Waals surface area (Å²) in [5.74, 6) is 0.826. The summed E-state index contributed by atoms with van der Waals surface area (Å²) in [6.07, 6.45) is 4.05. The third kappa shape index (κ3) is 4.22. The first-order valence-electron chi connectivity index (χ1n) is 6.56. The molecule has 0 unspecified atom stereocenters. The lowest BCUT2D eigenvalue weighted by atomic mass is 10.1. The fourth-order valence-corrected chi connectivity index (χ4v) is 2.24. The Morgan fingerprint density at radius 2 is 1.95 bits per heavy atom. The van der Waals surface area contributed by atoms with Crippen LogP contribution in [0.4, 0.5) is 0 Å². The van der Waals surface area contributed by atoms with Crippen molar-refractivity contribution in [1.29, 1.82) is 0 Å². The second-order valence-electron chi connectivity index (χ2n) is 4.59. The number of halogens is 1. The number of rotatable bonds is 5. The van der Waals surface area contributed by atoms with E-state index in [0.717, 1.165) is 21.3 Å². The average molecular weight is 332 g/mol. The van der Waals surface area contributed by atoms with Gasteiger partial charge in [0.2, 0.25) is 0 Å². The van der Waals surface area contributed by atoms with E-state index in [1.54, 1.807) is 0 Å². The molecule has 2 aromatic rings. The van der Waals surface area contributed by atoms with E-state index >= 15 is 0 Å². The second kappa shape index (κ2) is 7.27. The molecule has 0 spiro atoms. The van der Waals surface area contributed by atoms with Gasteiger partial charge in [-0.3, -0.25) is 0 Å². The molecule has 0 aliphatic heterocycles. The molecule has 2 N–H and O–H groups in total. The quantitative estimate of drug-likeness (QED) is 0.871. The Labute approximate surface area is 128 Å². The van der Waals surface area contributed by atoms with Gasteiger partial charge in [0, 0.05) is 16.1 Å². The molecule has 0 radical (unpaired) electrons. The Balaban J connectivity index is 2.00. The van der Waals surface area contributed by atoms with Crippen molar-refractivity contribution in [3.8, 4) is 5.75 Å². The molecule has 0 saturated heterocycles. The monoisotopic (exact) mass is 331 g/mol. The highest BCUT2D eigenvalue weighted by Crippen LogP contribution is 2.27. The fraction of sp³-hybridized carbons (Fsp3) is 0.176. The molecule has 0 aromatic heterocycles. The van der Waals surface area contributed by atoms with Gasteiger partial charge in [-0.05, 0) is 30.7 Å². The normalized spacial score (nSPS) is 12.6. The first kappa shape index (κ1) is 14.8. The van der Waals surface area contributed by atoms with Crippen molar-refractivity contribution in [3.05, 3.63) is 70.2 Å². The summed E-state index contributed by atoms with van der Waals surface area (Å²) in [5, 5.41) is 0. The maximum Gasteiger partial charge on any atom is 0.125 e. The van der Waals surface area contributed by atoms with Crippen molar-refractivity contribution in [2.75, 3.05) is 6.61 Å². The van der Waals surface area contributed by atoms with Crippen LogP contribution >= 0.6 is 15.9 Å². The maximum absolute atomic E-state index is 5.95. The summed E-state index contributed by atoms with van der Waals surface area (Å²) in [5.41, 5.74) is 8.13. The molecule has 0 aliphatic carbocycles. The van der Waals surface area contributed by atoms with Gasteiger partial charge in [0.05, 0.1) is 0 Å². The Bertz CT molecular complexity index is 579. The Hall–Kier alpha value is -1.58. The van der Waals surface area contributed by atoms with Gasteiger partial charge in [0.15, 0.2) is 0 Å². The summed E-state index contributed by atoms with van der Waals surface area (Å²) in [6.45, 7) is 2.47. The zero-order chi connectivity index (χ0) is 14.4. The van der Waals surface area contributed by atoms with Crippen molar-refractivity contribution in [1.82, 2.24) is 0 Å². The Kier molecular flexibility index (Phi) is 5.39. The van der Waals surface area contributed by atoms with Gasteiger partial charge in [0.1, 0.15) is 12.4 Å². The van der Waals surface area contributed by atoms with Crippen LogP contribution in [-0.4, -0.2) is 6.61 Å². The van der Waals surface area contributed by atoms with Crippen molar-refractivity contribution in [2.24, 2.45) is 5.73 Å². The van der Waals surface area contributed by atoms with E-state index in [9.17, 15) is 0 Å². The van der Waals surface area contributed by atoms with Gasteiger partial charge in [-0.1, -0.05) is 58.4 Å². The van der Waals surface area contributed by atoms with Crippen LogP contribution in [0.5, 0.6) is 5.75 Å². The molecule has 0 aliphatic rings. The van der Waals surface area contributed by atoms with Gasteiger partial charge in [0.25, 0.3) is 0 Å². The largest absolute Gasteiger partial charge is 0.489 e. The van der Waals surface area contributed by atoms with Crippen LogP contribution in [0.25, 0.3) is 6.08 Å². The van der Waals surface area contributed by atoms with E-state index < -0.39 is 0 Å². The summed E-state index contributed by atoms with van der Waals surface area (Å²) in [4.78, 5) is 0. The lowest BCUT2D eigenvalue weighted by Gasteiger charge is -2.13. The summed E-state index contributed by atoms with van der Waals surface area (Å²) in [7, 11) is 0. The minimum Gasteiger partial charge on any atom is -0.489 e. The number of hydrogen-bond donors (Lipinski definition) is 1. The molecule has 2 nitrogen and oxygen atoms in total. The minimum atomic E-state index is -0.0452. The standard InChI is InChI=1S/C17H18BrNO/c1-13(19)16-10-9-15(18)12-17(16)20-11-5-8-14-6-3-2-4-7-14/h2-10,12-13H,11,19H2,1H3/b8-5+/t13-/m0/s1. The highest BCUT2D eigenvalue weighted by atomic mass is 79.9. The molecule has 0 saturated carbocycles. The third-order valence-corrected chi connectivity index (χ3v) is 3.40. The molecule has 20 heavy (non-hydrogen) atoms. The van der Waals surface area contributed by atoms with Crippen LogP contribution in [0, 0.1) is 0 Å². The zero-order valence-corrected chi connectivity index (χ0v) is 13.0. The van der Waals surface area contributed by atoms with Crippen molar-refractivity contribution >= 4 is 22.0 Å². The summed E-state index contributed by atoms with van der Waals surface area (Å²) in [6, 6.07) is 16.0. The lowest BCUT2D eigenvalue weighted by Crippen LogP contribution is -2.08.